The minimum Gasteiger partial charge on any atom is -0.364 e. The lowest BCUT2D eigenvalue weighted by Gasteiger charge is -2.22. The summed E-state index contributed by atoms with van der Waals surface area (Å²) >= 11 is 0. The fraction of sp³-hybridized carbons (Fsp3) is 0.500. The normalized spacial score (nSPS) is 16.0. The number of rotatable bonds is 3. The summed E-state index contributed by atoms with van der Waals surface area (Å²) in [6.07, 6.45) is 2.83. The van der Waals surface area contributed by atoms with Gasteiger partial charge in [0.2, 0.25) is 5.69 Å². The molecule has 1 fully saturated rings. The number of hydrogen-bond donors (Lipinski definition) is 2. The third-order valence-corrected chi connectivity index (χ3v) is 2.70. The molecule has 0 unspecified atom stereocenters. The molecule has 0 bridgehead atoms. The van der Waals surface area contributed by atoms with Crippen molar-refractivity contribution in [1.82, 2.24) is 10.2 Å². The maximum absolute atomic E-state index is 10.9. The summed E-state index contributed by atoms with van der Waals surface area (Å²) in [5, 5.41) is 16.9. The highest BCUT2D eigenvalue weighted by Gasteiger charge is 2.34. The van der Waals surface area contributed by atoms with Crippen molar-refractivity contribution in [2.45, 2.75) is 25.2 Å². The maximum Gasteiger partial charge on any atom is 0.323 e. The first kappa shape index (κ1) is 9.63. The van der Waals surface area contributed by atoms with Gasteiger partial charge in [-0.2, -0.15) is 5.10 Å². The predicted molar refractivity (Wildman–Crippen MR) is 50.4 cm³/mol. The number of nitrogens with two attached hydrogens (primary N) is 1. The molecule has 1 amide bonds. The van der Waals surface area contributed by atoms with Gasteiger partial charge in [0.15, 0.2) is 0 Å². The molecule has 15 heavy (non-hydrogen) atoms. The van der Waals surface area contributed by atoms with Crippen LogP contribution in [-0.4, -0.2) is 21.0 Å². The van der Waals surface area contributed by atoms with Crippen molar-refractivity contribution in [2.75, 3.05) is 0 Å². The molecule has 0 spiro atoms. The fourth-order valence-corrected chi connectivity index (χ4v) is 1.69. The molecule has 7 heteroatoms. The van der Waals surface area contributed by atoms with E-state index in [1.54, 1.807) is 0 Å². The van der Waals surface area contributed by atoms with Gasteiger partial charge in [-0.1, -0.05) is 6.42 Å². The number of aromatic nitrogens is 2. The van der Waals surface area contributed by atoms with Crippen LogP contribution in [-0.2, 0) is 0 Å². The fourth-order valence-electron chi connectivity index (χ4n) is 1.69. The Labute approximate surface area is 84.8 Å². The number of H-pyrrole nitrogens is 1. The second kappa shape index (κ2) is 3.34. The third kappa shape index (κ3) is 1.45. The maximum atomic E-state index is 10.9. The lowest BCUT2D eigenvalue weighted by atomic mass is 9.82. The Morgan fingerprint density at radius 1 is 1.60 bits per heavy atom. The molecule has 1 heterocycles. The van der Waals surface area contributed by atoms with Crippen molar-refractivity contribution < 1.29 is 9.72 Å². The molecule has 2 rings (SSSR count). The molecule has 80 valence electrons. The number of carbonyl (C=O) groups excluding carboxylic acids is 1. The van der Waals surface area contributed by atoms with Gasteiger partial charge in [0.05, 0.1) is 4.92 Å². The van der Waals surface area contributed by atoms with Gasteiger partial charge in [-0.3, -0.25) is 20.0 Å². The van der Waals surface area contributed by atoms with E-state index in [1.807, 2.05) is 0 Å². The van der Waals surface area contributed by atoms with Crippen molar-refractivity contribution in [2.24, 2.45) is 5.73 Å². The van der Waals surface area contributed by atoms with Crippen LogP contribution < -0.4 is 5.73 Å². The molecule has 1 aliphatic rings. The molecular weight excluding hydrogens is 200 g/mol. The van der Waals surface area contributed by atoms with E-state index in [4.69, 9.17) is 5.73 Å². The van der Waals surface area contributed by atoms with Crippen LogP contribution in [0.4, 0.5) is 5.69 Å². The van der Waals surface area contributed by atoms with Gasteiger partial charge < -0.3 is 5.73 Å². The Morgan fingerprint density at radius 3 is 2.67 bits per heavy atom. The van der Waals surface area contributed by atoms with Crippen LogP contribution in [0.5, 0.6) is 0 Å². The Bertz CT molecular complexity index is 422. The van der Waals surface area contributed by atoms with E-state index in [2.05, 4.69) is 10.2 Å². The first-order chi connectivity index (χ1) is 7.11. The zero-order chi connectivity index (χ0) is 11.0. The van der Waals surface area contributed by atoms with Crippen molar-refractivity contribution in [3.05, 3.63) is 21.5 Å². The summed E-state index contributed by atoms with van der Waals surface area (Å²) in [5.74, 6) is -0.755. The summed E-state index contributed by atoms with van der Waals surface area (Å²) in [7, 11) is 0. The quantitative estimate of drug-likeness (QED) is 0.563. The first-order valence-corrected chi connectivity index (χ1v) is 4.63. The average molecular weight is 210 g/mol. The van der Waals surface area contributed by atoms with Crippen molar-refractivity contribution in [3.8, 4) is 0 Å². The molecule has 0 saturated heterocycles. The average Bonchev–Trinajstić information content (AvgIpc) is 2.45. The highest BCUT2D eigenvalue weighted by atomic mass is 16.6. The minimum absolute atomic E-state index is 0.117. The van der Waals surface area contributed by atoms with Gasteiger partial charge in [-0.15, -0.1) is 0 Å². The third-order valence-electron chi connectivity index (χ3n) is 2.70. The summed E-state index contributed by atoms with van der Waals surface area (Å²) in [6, 6.07) is 0. The van der Waals surface area contributed by atoms with E-state index in [0.717, 1.165) is 19.3 Å². The summed E-state index contributed by atoms with van der Waals surface area (Å²) in [6.45, 7) is 0. The molecule has 0 atom stereocenters. The molecule has 1 saturated carbocycles. The molecule has 0 aromatic carbocycles. The highest BCUT2D eigenvalue weighted by Crippen LogP contribution is 2.40. The zero-order valence-corrected chi connectivity index (χ0v) is 7.90. The minimum atomic E-state index is -0.872. The van der Waals surface area contributed by atoms with Gasteiger partial charge in [-0.05, 0) is 12.8 Å². The van der Waals surface area contributed by atoms with E-state index >= 15 is 0 Å². The number of primary amides is 1. The van der Waals surface area contributed by atoms with Crippen molar-refractivity contribution in [1.29, 1.82) is 0 Å². The van der Waals surface area contributed by atoms with Gasteiger partial charge in [0.25, 0.3) is 5.91 Å². The second-order valence-electron chi connectivity index (χ2n) is 3.58. The summed E-state index contributed by atoms with van der Waals surface area (Å²) < 4.78 is 0. The van der Waals surface area contributed by atoms with Crippen LogP contribution in [0, 0.1) is 10.1 Å². The SMILES string of the molecule is NC(=O)c1n[nH]c(C2CCC2)c1[N+](=O)[O-]. The number of nitrogens with one attached hydrogen (secondary N) is 1. The van der Waals surface area contributed by atoms with E-state index in [0.29, 0.717) is 5.69 Å². The van der Waals surface area contributed by atoms with Gasteiger partial charge in [0.1, 0.15) is 5.69 Å². The largest absolute Gasteiger partial charge is 0.364 e. The lowest BCUT2D eigenvalue weighted by Crippen LogP contribution is -2.15. The summed E-state index contributed by atoms with van der Waals surface area (Å²) in [5.41, 5.74) is 4.90. The molecule has 1 aromatic heterocycles. The molecule has 0 aliphatic heterocycles. The zero-order valence-electron chi connectivity index (χ0n) is 7.90. The first-order valence-electron chi connectivity index (χ1n) is 4.63. The molecular formula is C8H10N4O3. The number of carbonyl (C=O) groups is 1. The van der Waals surface area contributed by atoms with Crippen LogP contribution in [0.15, 0.2) is 0 Å². The van der Waals surface area contributed by atoms with Crippen molar-refractivity contribution in [3.63, 3.8) is 0 Å². The topological polar surface area (TPSA) is 115 Å². The number of aromatic amines is 1. The summed E-state index contributed by atoms with van der Waals surface area (Å²) in [4.78, 5) is 21.1. The standard InChI is InChI=1S/C8H10N4O3/c9-8(13)6-7(12(14)15)5(10-11-6)4-2-1-3-4/h4H,1-3H2,(H2,9,13)(H,10,11). The molecule has 0 radical (unpaired) electrons. The van der Waals surface area contributed by atoms with E-state index in [-0.39, 0.29) is 17.3 Å². The Morgan fingerprint density at radius 2 is 2.27 bits per heavy atom. The Hall–Kier alpha value is -1.92. The molecule has 7 nitrogen and oxygen atoms in total. The number of nitrogens with zero attached hydrogens (tertiary/aromatic N) is 2. The van der Waals surface area contributed by atoms with Crippen LogP contribution >= 0.6 is 0 Å². The Balaban J connectivity index is 2.46. The number of amides is 1. The smallest absolute Gasteiger partial charge is 0.323 e. The Kier molecular flexibility index (Phi) is 2.14. The monoisotopic (exact) mass is 210 g/mol. The van der Waals surface area contributed by atoms with Crippen LogP contribution in [0.2, 0.25) is 0 Å². The predicted octanol–water partition coefficient (Wildman–Crippen LogP) is 0.684. The van der Waals surface area contributed by atoms with Crippen LogP contribution in [0.1, 0.15) is 41.4 Å². The molecule has 1 aliphatic carbocycles. The van der Waals surface area contributed by atoms with Gasteiger partial charge in [-0.25, -0.2) is 0 Å². The van der Waals surface area contributed by atoms with Crippen molar-refractivity contribution >= 4 is 11.6 Å². The van der Waals surface area contributed by atoms with E-state index < -0.39 is 10.8 Å². The highest BCUT2D eigenvalue weighted by molar-refractivity contribution is 5.95. The van der Waals surface area contributed by atoms with Crippen LogP contribution in [0.25, 0.3) is 0 Å². The molecule has 1 aromatic rings. The second-order valence-corrected chi connectivity index (χ2v) is 3.58. The molecule has 3 N–H and O–H groups in total. The van der Waals surface area contributed by atoms with E-state index in [1.165, 1.54) is 0 Å². The van der Waals surface area contributed by atoms with Crippen LogP contribution in [0.3, 0.4) is 0 Å². The number of nitro groups is 1. The van der Waals surface area contributed by atoms with E-state index in [9.17, 15) is 14.9 Å². The van der Waals surface area contributed by atoms with Gasteiger partial charge in [0, 0.05) is 5.92 Å². The lowest BCUT2D eigenvalue weighted by molar-refractivity contribution is -0.386. The van der Waals surface area contributed by atoms with Gasteiger partial charge >= 0.3 is 5.69 Å². The number of hydrogen-bond acceptors (Lipinski definition) is 4.